The van der Waals surface area contributed by atoms with Gasteiger partial charge in [-0.1, -0.05) is 6.92 Å². The van der Waals surface area contributed by atoms with E-state index in [0.29, 0.717) is 13.0 Å². The van der Waals surface area contributed by atoms with Crippen molar-refractivity contribution in [2.24, 2.45) is 0 Å². The van der Waals surface area contributed by atoms with Crippen LogP contribution < -0.4 is 0 Å². The molecule has 1 unspecified atom stereocenters. The molecule has 3 heteroatoms. The number of ether oxygens (including phenoxy) is 1. The number of halogens is 1. The molecule has 2 nitrogen and oxygen atoms in total. The maximum Gasteiger partial charge on any atom is 0.250 e. The van der Waals surface area contributed by atoms with Gasteiger partial charge in [0.2, 0.25) is 5.24 Å². The highest BCUT2D eigenvalue weighted by Gasteiger charge is 2.11. The lowest BCUT2D eigenvalue weighted by molar-refractivity contribution is -0.122. The molecule has 1 atom stereocenters. The van der Waals surface area contributed by atoms with Crippen LogP contribution in [0.25, 0.3) is 0 Å². The van der Waals surface area contributed by atoms with E-state index in [1.807, 2.05) is 13.8 Å². The highest BCUT2D eigenvalue weighted by Crippen LogP contribution is 2.01. The summed E-state index contributed by atoms with van der Waals surface area (Å²) < 4.78 is 4.97. The quantitative estimate of drug-likeness (QED) is 0.569. The van der Waals surface area contributed by atoms with Crippen molar-refractivity contribution in [1.29, 1.82) is 0 Å². The van der Waals surface area contributed by atoms with Crippen molar-refractivity contribution in [3.05, 3.63) is 0 Å². The molecule has 0 saturated heterocycles. The molecular formula is C6H11ClO2. The molecule has 0 N–H and O–H groups in total. The van der Waals surface area contributed by atoms with Gasteiger partial charge in [0.15, 0.2) is 0 Å². The van der Waals surface area contributed by atoms with Gasteiger partial charge in [-0.2, -0.15) is 0 Å². The zero-order valence-corrected chi connectivity index (χ0v) is 6.44. The molecule has 0 aromatic heterocycles. The van der Waals surface area contributed by atoms with Crippen molar-refractivity contribution < 1.29 is 9.53 Å². The number of hydrogen-bond donors (Lipinski definition) is 0. The first-order valence-corrected chi connectivity index (χ1v) is 3.41. The van der Waals surface area contributed by atoms with Gasteiger partial charge in [-0.15, -0.1) is 0 Å². The molecule has 54 valence electrons. The normalized spacial score (nSPS) is 13.2. The van der Waals surface area contributed by atoms with Crippen LogP contribution in [0.15, 0.2) is 0 Å². The van der Waals surface area contributed by atoms with Crippen LogP contribution in [-0.4, -0.2) is 18.0 Å². The van der Waals surface area contributed by atoms with Crippen molar-refractivity contribution in [1.82, 2.24) is 0 Å². The molecule has 0 heterocycles. The Hall–Kier alpha value is -0.0800. The van der Waals surface area contributed by atoms with E-state index in [0.717, 1.165) is 0 Å². The summed E-state index contributed by atoms with van der Waals surface area (Å²) in [6.45, 7) is 4.24. The summed E-state index contributed by atoms with van der Waals surface area (Å²) in [4.78, 5) is 10.4. The van der Waals surface area contributed by atoms with Gasteiger partial charge < -0.3 is 4.74 Å². The zero-order valence-electron chi connectivity index (χ0n) is 5.69. The highest BCUT2D eigenvalue weighted by atomic mass is 35.5. The Labute approximate surface area is 60.1 Å². The van der Waals surface area contributed by atoms with E-state index in [1.165, 1.54) is 0 Å². The van der Waals surface area contributed by atoms with Gasteiger partial charge in [0.25, 0.3) is 0 Å². The predicted octanol–water partition coefficient (Wildman–Crippen LogP) is 1.57. The maximum absolute atomic E-state index is 10.4. The fourth-order valence-electron chi connectivity index (χ4n) is 0.545. The minimum atomic E-state index is -0.406. The number of rotatable bonds is 4. The summed E-state index contributed by atoms with van der Waals surface area (Å²) >= 11 is 5.16. The fraction of sp³-hybridized carbons (Fsp3) is 0.833. The summed E-state index contributed by atoms with van der Waals surface area (Å²) in [6.07, 6.45) is 0.243. The van der Waals surface area contributed by atoms with Gasteiger partial charge in [0.1, 0.15) is 6.10 Å². The third-order valence-electron chi connectivity index (χ3n) is 0.992. The van der Waals surface area contributed by atoms with Gasteiger partial charge >= 0.3 is 0 Å². The molecule has 0 spiro atoms. The second kappa shape index (κ2) is 4.77. The van der Waals surface area contributed by atoms with Gasteiger partial charge in [-0.3, -0.25) is 4.79 Å². The summed E-state index contributed by atoms with van der Waals surface area (Å²) in [5.41, 5.74) is 0. The van der Waals surface area contributed by atoms with Gasteiger partial charge in [-0.05, 0) is 24.9 Å². The van der Waals surface area contributed by atoms with Crippen LogP contribution >= 0.6 is 11.6 Å². The van der Waals surface area contributed by atoms with Crippen LogP contribution in [-0.2, 0) is 9.53 Å². The molecule has 0 saturated carbocycles. The van der Waals surface area contributed by atoms with E-state index in [-0.39, 0.29) is 0 Å². The third-order valence-corrected chi connectivity index (χ3v) is 1.24. The van der Waals surface area contributed by atoms with Crippen molar-refractivity contribution in [2.45, 2.75) is 26.4 Å². The number of carbonyl (C=O) groups excluding carboxylic acids is 1. The van der Waals surface area contributed by atoms with E-state index < -0.39 is 11.3 Å². The topological polar surface area (TPSA) is 26.3 Å². The first kappa shape index (κ1) is 8.92. The molecule has 9 heavy (non-hydrogen) atoms. The minimum Gasteiger partial charge on any atom is -0.369 e. The second-order valence-corrected chi connectivity index (χ2v) is 2.03. The Bertz CT molecular complexity index is 93.1. The van der Waals surface area contributed by atoms with Gasteiger partial charge in [0, 0.05) is 6.61 Å². The van der Waals surface area contributed by atoms with Crippen LogP contribution in [0.5, 0.6) is 0 Å². The Morgan fingerprint density at radius 3 is 2.33 bits per heavy atom. The van der Waals surface area contributed by atoms with E-state index in [4.69, 9.17) is 16.3 Å². The molecule has 0 aliphatic rings. The van der Waals surface area contributed by atoms with E-state index >= 15 is 0 Å². The average molecular weight is 151 g/mol. The van der Waals surface area contributed by atoms with E-state index in [1.54, 1.807) is 0 Å². The molecular weight excluding hydrogens is 140 g/mol. The van der Waals surface area contributed by atoms with Crippen molar-refractivity contribution in [2.75, 3.05) is 6.61 Å². The molecule has 0 amide bonds. The Morgan fingerprint density at radius 1 is 1.67 bits per heavy atom. The Balaban J connectivity index is 3.54. The van der Waals surface area contributed by atoms with Crippen LogP contribution in [0.3, 0.4) is 0 Å². The van der Waals surface area contributed by atoms with Crippen molar-refractivity contribution >= 4 is 16.8 Å². The monoisotopic (exact) mass is 150 g/mol. The number of carbonyl (C=O) groups is 1. The SMILES string of the molecule is CCOC(CC)C(=O)Cl. The lowest BCUT2D eigenvalue weighted by Gasteiger charge is -2.07. The Kier molecular flexibility index (Phi) is 4.72. The molecule has 0 radical (unpaired) electrons. The van der Waals surface area contributed by atoms with Crippen molar-refractivity contribution in [3.8, 4) is 0 Å². The number of hydrogen-bond acceptors (Lipinski definition) is 2. The summed E-state index contributed by atoms with van der Waals surface area (Å²) in [7, 11) is 0. The molecule has 0 fully saturated rings. The van der Waals surface area contributed by atoms with Crippen LogP contribution in [0.1, 0.15) is 20.3 Å². The van der Waals surface area contributed by atoms with E-state index in [2.05, 4.69) is 0 Å². The van der Waals surface area contributed by atoms with Crippen LogP contribution in [0.4, 0.5) is 0 Å². The molecule has 0 bridgehead atoms. The zero-order chi connectivity index (χ0) is 7.28. The lowest BCUT2D eigenvalue weighted by atomic mass is 10.3. The van der Waals surface area contributed by atoms with Crippen LogP contribution in [0, 0.1) is 0 Å². The van der Waals surface area contributed by atoms with E-state index in [9.17, 15) is 4.79 Å². The van der Waals surface area contributed by atoms with Gasteiger partial charge in [-0.25, -0.2) is 0 Å². The smallest absolute Gasteiger partial charge is 0.250 e. The molecule has 0 rings (SSSR count). The first-order valence-electron chi connectivity index (χ1n) is 3.03. The second-order valence-electron chi connectivity index (χ2n) is 1.66. The van der Waals surface area contributed by atoms with Crippen LogP contribution in [0.2, 0.25) is 0 Å². The van der Waals surface area contributed by atoms with Gasteiger partial charge in [0.05, 0.1) is 0 Å². The minimum absolute atomic E-state index is 0.403. The Morgan fingerprint density at radius 2 is 2.22 bits per heavy atom. The van der Waals surface area contributed by atoms with Crippen molar-refractivity contribution in [3.63, 3.8) is 0 Å². The summed E-state index contributed by atoms with van der Waals surface area (Å²) in [5.74, 6) is 0. The summed E-state index contributed by atoms with van der Waals surface area (Å²) in [6, 6.07) is 0. The fourth-order valence-corrected chi connectivity index (χ4v) is 0.762. The largest absolute Gasteiger partial charge is 0.369 e. The molecule has 0 aromatic rings. The average Bonchev–Trinajstić information content (AvgIpc) is 1.82. The highest BCUT2D eigenvalue weighted by molar-refractivity contribution is 6.64. The molecule has 0 aromatic carbocycles. The summed E-state index contributed by atoms with van der Waals surface area (Å²) in [5, 5.41) is -0.403. The predicted molar refractivity (Wildman–Crippen MR) is 36.6 cm³/mol. The maximum atomic E-state index is 10.4. The molecule has 0 aliphatic heterocycles. The third kappa shape index (κ3) is 3.49. The molecule has 0 aliphatic carbocycles. The lowest BCUT2D eigenvalue weighted by Crippen LogP contribution is -2.18. The standard InChI is InChI=1S/C6H11ClO2/c1-3-5(6(7)8)9-4-2/h5H,3-4H2,1-2H3. The first-order chi connectivity index (χ1) is 4.22.